The van der Waals surface area contributed by atoms with E-state index in [1.807, 2.05) is 20.9 Å². The standard InChI is InChI=1S/C45H69N11O9/c1-27(2)24-36(41(59)51-34(12-9-10-22-54(8)28(3)4)44(62)55-23-11-13-38(55)43(61)49-29(5)39(57)48-7)52-42(60)37(26-30-14-18-32(19-15-30)50-45(46)63)53-40(58)35(47-6)25-31-16-20-33(21-17-31)56(64)65/h14-21,27-29,34-38,47H,9-13,22-26H2,1-8H3,(H,48,57)(H,49,61)(H,51,59)(H,52,60)(H,53,58)(H3,46,50,63)/t29-,34+,35+,36+,37-,38+/m1/s1. The molecule has 6 atom stereocenters. The van der Waals surface area contributed by atoms with Gasteiger partial charge in [-0.05, 0) is 116 Å². The van der Waals surface area contributed by atoms with Crippen molar-refractivity contribution < 1.29 is 38.5 Å². The van der Waals surface area contributed by atoms with E-state index in [2.05, 4.69) is 56.0 Å². The van der Waals surface area contributed by atoms with E-state index in [9.17, 15) is 43.7 Å². The van der Waals surface area contributed by atoms with Gasteiger partial charge in [0.1, 0.15) is 30.2 Å². The van der Waals surface area contributed by atoms with Crippen LogP contribution in [0, 0.1) is 16.0 Å². The molecule has 65 heavy (non-hydrogen) atoms. The summed E-state index contributed by atoms with van der Waals surface area (Å²) in [5, 5.41) is 30.4. The van der Waals surface area contributed by atoms with E-state index in [0.29, 0.717) is 42.1 Å². The van der Waals surface area contributed by atoms with Crippen molar-refractivity contribution in [3.05, 3.63) is 69.8 Å². The van der Waals surface area contributed by atoms with Crippen LogP contribution in [0.3, 0.4) is 0 Å². The lowest BCUT2D eigenvalue weighted by Crippen LogP contribution is -2.59. The van der Waals surface area contributed by atoms with Crippen molar-refractivity contribution in [2.45, 2.75) is 128 Å². The highest BCUT2D eigenvalue weighted by molar-refractivity contribution is 5.97. The number of nitrogens with one attached hydrogen (secondary N) is 7. The zero-order valence-electron chi connectivity index (χ0n) is 38.9. The Bertz CT molecular complexity index is 1950. The molecule has 9 N–H and O–H groups in total. The molecule has 1 fully saturated rings. The molecule has 20 heteroatoms. The molecular formula is C45H69N11O9. The molecule has 0 bridgehead atoms. The van der Waals surface area contributed by atoms with Crippen LogP contribution in [0.25, 0.3) is 0 Å². The molecule has 0 saturated carbocycles. The zero-order chi connectivity index (χ0) is 48.4. The third-order valence-electron chi connectivity index (χ3n) is 11.5. The summed E-state index contributed by atoms with van der Waals surface area (Å²) in [6.45, 7) is 10.5. The molecule has 3 rings (SSSR count). The number of urea groups is 1. The Morgan fingerprint density at radius 3 is 1.88 bits per heavy atom. The summed E-state index contributed by atoms with van der Waals surface area (Å²) < 4.78 is 0. The maximum Gasteiger partial charge on any atom is 0.316 e. The lowest BCUT2D eigenvalue weighted by Gasteiger charge is -2.31. The number of hydrogen-bond acceptors (Lipinski definition) is 11. The minimum absolute atomic E-state index is 0.0265. The number of non-ortho nitro benzene ring substituents is 1. The van der Waals surface area contributed by atoms with Gasteiger partial charge in [-0.3, -0.25) is 38.9 Å². The lowest BCUT2D eigenvalue weighted by atomic mass is 9.99. The fraction of sp³-hybridized carbons (Fsp3) is 0.578. The third-order valence-corrected chi connectivity index (χ3v) is 11.5. The summed E-state index contributed by atoms with van der Waals surface area (Å²) in [5.41, 5.74) is 6.81. The number of nitrogens with two attached hydrogens (primary N) is 1. The number of amides is 8. The van der Waals surface area contributed by atoms with Gasteiger partial charge in [0.25, 0.3) is 5.69 Å². The van der Waals surface area contributed by atoms with E-state index in [1.165, 1.54) is 24.1 Å². The number of likely N-dealkylation sites (tertiary alicyclic amines) is 1. The van der Waals surface area contributed by atoms with Crippen LogP contribution >= 0.6 is 0 Å². The molecule has 8 amide bonds. The monoisotopic (exact) mass is 908 g/mol. The Morgan fingerprint density at radius 2 is 1.32 bits per heavy atom. The van der Waals surface area contributed by atoms with E-state index < -0.39 is 76.7 Å². The van der Waals surface area contributed by atoms with Gasteiger partial charge in [-0.1, -0.05) is 38.1 Å². The van der Waals surface area contributed by atoms with Crippen LogP contribution in [0.5, 0.6) is 0 Å². The Balaban J connectivity index is 1.91. The molecule has 0 aromatic heterocycles. The number of rotatable bonds is 25. The molecule has 1 saturated heterocycles. The molecule has 2 aromatic rings. The average Bonchev–Trinajstić information content (AvgIpc) is 3.76. The van der Waals surface area contributed by atoms with Crippen LogP contribution in [0.2, 0.25) is 0 Å². The predicted molar refractivity (Wildman–Crippen MR) is 246 cm³/mol. The van der Waals surface area contributed by atoms with Gasteiger partial charge < -0.3 is 52.8 Å². The number of hydrogen-bond donors (Lipinski definition) is 8. The van der Waals surface area contributed by atoms with Crippen molar-refractivity contribution >= 4 is 52.8 Å². The summed E-state index contributed by atoms with van der Waals surface area (Å²) in [6, 6.07) is 5.87. The molecule has 0 radical (unpaired) electrons. The Hall–Kier alpha value is -6.15. The van der Waals surface area contributed by atoms with Gasteiger partial charge in [-0.25, -0.2) is 4.79 Å². The fourth-order valence-electron chi connectivity index (χ4n) is 7.47. The van der Waals surface area contributed by atoms with Crippen molar-refractivity contribution in [2.24, 2.45) is 11.7 Å². The van der Waals surface area contributed by atoms with Crippen LogP contribution in [-0.4, -0.2) is 133 Å². The smallest absolute Gasteiger partial charge is 0.316 e. The van der Waals surface area contributed by atoms with Crippen molar-refractivity contribution in [3.63, 3.8) is 0 Å². The molecule has 1 aliphatic heterocycles. The first-order chi connectivity index (χ1) is 30.7. The van der Waals surface area contributed by atoms with Crippen molar-refractivity contribution in [1.82, 2.24) is 41.7 Å². The van der Waals surface area contributed by atoms with E-state index in [1.54, 1.807) is 50.4 Å². The van der Waals surface area contributed by atoms with E-state index in [4.69, 9.17) is 5.73 Å². The quantitative estimate of drug-likeness (QED) is 0.0404. The summed E-state index contributed by atoms with van der Waals surface area (Å²) in [6.07, 6.45) is 2.77. The van der Waals surface area contributed by atoms with E-state index in [-0.39, 0.29) is 49.7 Å². The molecule has 1 heterocycles. The van der Waals surface area contributed by atoms with Crippen LogP contribution in [0.1, 0.15) is 84.3 Å². The normalized spacial score (nSPS) is 15.9. The van der Waals surface area contributed by atoms with Crippen LogP contribution in [0.15, 0.2) is 48.5 Å². The summed E-state index contributed by atoms with van der Waals surface area (Å²) >= 11 is 0. The molecular weight excluding hydrogens is 839 g/mol. The van der Waals surface area contributed by atoms with Crippen molar-refractivity contribution in [2.75, 3.05) is 39.5 Å². The number of unbranched alkanes of at least 4 members (excludes halogenated alkanes) is 1. The number of anilines is 1. The number of carbonyl (C=O) groups is 7. The molecule has 20 nitrogen and oxygen atoms in total. The molecule has 1 aliphatic rings. The molecule has 0 aliphatic carbocycles. The maximum atomic E-state index is 14.4. The topological polar surface area (TPSA) is 279 Å². The first-order valence-corrected chi connectivity index (χ1v) is 22.2. The number of carbonyl (C=O) groups excluding carboxylic acids is 7. The minimum Gasteiger partial charge on any atom is -0.357 e. The first kappa shape index (κ1) is 53.2. The van der Waals surface area contributed by atoms with Gasteiger partial charge in [0.2, 0.25) is 35.4 Å². The second kappa shape index (κ2) is 26.0. The van der Waals surface area contributed by atoms with E-state index >= 15 is 0 Å². The summed E-state index contributed by atoms with van der Waals surface area (Å²) in [4.78, 5) is 108. The van der Waals surface area contributed by atoms with Gasteiger partial charge in [0, 0.05) is 43.9 Å². The van der Waals surface area contributed by atoms with Gasteiger partial charge >= 0.3 is 6.03 Å². The number of nitro benzene ring substituents is 1. The number of nitrogens with zero attached hydrogens (tertiary/aromatic N) is 3. The minimum atomic E-state index is -1.22. The van der Waals surface area contributed by atoms with Crippen LogP contribution in [-0.2, 0) is 41.6 Å². The SMILES string of the molecule is CNC(=O)[C@@H](C)NC(=O)[C@@H]1CCCN1C(=O)[C@H](CCCCN(C)C(C)C)NC(=O)[C@H](CC(C)C)NC(=O)[C@@H](Cc1ccc(NC(N)=O)cc1)NC(=O)[C@H](Cc1ccc([N+](=O)[O-])cc1)NC. The first-order valence-electron chi connectivity index (χ1n) is 22.2. The Kier molecular flexibility index (Phi) is 21.3. The summed E-state index contributed by atoms with van der Waals surface area (Å²) in [5.74, 6) is -3.24. The lowest BCUT2D eigenvalue weighted by molar-refractivity contribution is -0.384. The van der Waals surface area contributed by atoms with Crippen LogP contribution in [0.4, 0.5) is 16.2 Å². The third kappa shape index (κ3) is 17.1. The molecule has 0 spiro atoms. The number of benzene rings is 2. The largest absolute Gasteiger partial charge is 0.357 e. The van der Waals surface area contributed by atoms with E-state index in [0.717, 1.165) is 13.0 Å². The highest BCUT2D eigenvalue weighted by Gasteiger charge is 2.39. The maximum absolute atomic E-state index is 14.4. The van der Waals surface area contributed by atoms with Gasteiger partial charge in [-0.2, -0.15) is 0 Å². The fourth-order valence-corrected chi connectivity index (χ4v) is 7.47. The Morgan fingerprint density at radius 1 is 0.769 bits per heavy atom. The molecule has 0 unspecified atom stereocenters. The number of likely N-dealkylation sites (N-methyl/N-ethyl adjacent to an activating group) is 2. The van der Waals surface area contributed by atoms with Crippen molar-refractivity contribution in [3.8, 4) is 0 Å². The average molecular weight is 908 g/mol. The summed E-state index contributed by atoms with van der Waals surface area (Å²) in [7, 11) is 5.04. The predicted octanol–water partition coefficient (Wildman–Crippen LogP) is 1.71. The van der Waals surface area contributed by atoms with Gasteiger partial charge in [0.15, 0.2) is 0 Å². The van der Waals surface area contributed by atoms with Gasteiger partial charge in [-0.15, -0.1) is 0 Å². The highest BCUT2D eigenvalue weighted by Crippen LogP contribution is 2.21. The number of primary amides is 1. The van der Waals surface area contributed by atoms with Gasteiger partial charge in [0.05, 0.1) is 11.0 Å². The molecule has 358 valence electrons. The second-order valence-electron chi connectivity index (χ2n) is 17.3. The highest BCUT2D eigenvalue weighted by atomic mass is 16.6. The number of nitro groups is 1. The van der Waals surface area contributed by atoms with Crippen LogP contribution < -0.4 is 43.0 Å². The van der Waals surface area contributed by atoms with Crippen molar-refractivity contribution in [1.29, 1.82) is 0 Å². The second-order valence-corrected chi connectivity index (χ2v) is 17.3. The zero-order valence-corrected chi connectivity index (χ0v) is 38.9. The Labute approximate surface area is 381 Å². The molecule has 2 aromatic carbocycles.